The molecule has 0 bridgehead atoms. The van der Waals surface area contributed by atoms with Gasteiger partial charge in [0.1, 0.15) is 5.60 Å². The number of H-pyrrole nitrogens is 1. The number of hydrogen-bond donors (Lipinski definition) is 4. The van der Waals surface area contributed by atoms with Crippen molar-refractivity contribution in [3.63, 3.8) is 0 Å². The predicted octanol–water partition coefficient (Wildman–Crippen LogP) is 7.96. The van der Waals surface area contributed by atoms with Crippen molar-refractivity contribution in [3.8, 4) is 0 Å². The number of benzene rings is 3. The Hall–Kier alpha value is -2.80. The van der Waals surface area contributed by atoms with E-state index in [0.29, 0.717) is 28.2 Å². The van der Waals surface area contributed by atoms with Gasteiger partial charge in [-0.25, -0.2) is 4.79 Å². The van der Waals surface area contributed by atoms with E-state index in [9.17, 15) is 4.79 Å². The number of aromatic nitrogens is 1. The van der Waals surface area contributed by atoms with Gasteiger partial charge in [0.2, 0.25) is 0 Å². The number of carbonyl (C=O) groups is 1. The van der Waals surface area contributed by atoms with Crippen molar-refractivity contribution in [3.05, 3.63) is 63.6 Å². The van der Waals surface area contributed by atoms with Gasteiger partial charge in [0.05, 0.1) is 21.2 Å². The Morgan fingerprint density at radius 3 is 2.44 bits per heavy atom. The molecule has 34 heavy (non-hydrogen) atoms. The van der Waals surface area contributed by atoms with Gasteiger partial charge < -0.3 is 25.7 Å². The van der Waals surface area contributed by atoms with Crippen LogP contribution in [0.1, 0.15) is 20.8 Å². The van der Waals surface area contributed by atoms with Crippen LogP contribution >= 0.6 is 34.8 Å². The number of ether oxygens (including phenoxy) is 1. The maximum atomic E-state index is 11.9. The molecule has 0 fully saturated rings. The molecule has 9 heteroatoms. The first-order valence-electron chi connectivity index (χ1n) is 10.8. The van der Waals surface area contributed by atoms with E-state index in [1.165, 1.54) is 0 Å². The van der Waals surface area contributed by atoms with Crippen molar-refractivity contribution >= 4 is 79.8 Å². The van der Waals surface area contributed by atoms with Crippen molar-refractivity contribution in [1.29, 1.82) is 0 Å². The number of rotatable bonds is 6. The van der Waals surface area contributed by atoms with Crippen LogP contribution in [0.25, 0.3) is 21.8 Å². The van der Waals surface area contributed by atoms with Gasteiger partial charge in [-0.1, -0.05) is 34.8 Å². The van der Waals surface area contributed by atoms with Gasteiger partial charge in [0, 0.05) is 45.8 Å². The van der Waals surface area contributed by atoms with Crippen LogP contribution in [0, 0.1) is 0 Å². The van der Waals surface area contributed by atoms with Crippen molar-refractivity contribution in [2.45, 2.75) is 26.4 Å². The van der Waals surface area contributed by atoms with Gasteiger partial charge in [-0.05, 0) is 69.3 Å². The quantitative estimate of drug-likeness (QED) is 0.195. The highest BCUT2D eigenvalue weighted by atomic mass is 35.5. The molecule has 0 spiro atoms. The molecule has 0 aliphatic carbocycles. The Balaban J connectivity index is 1.61. The third-order valence-corrected chi connectivity index (χ3v) is 5.96. The summed E-state index contributed by atoms with van der Waals surface area (Å²) in [5.41, 5.74) is 3.91. The summed E-state index contributed by atoms with van der Waals surface area (Å²) < 4.78 is 5.29. The number of carbonyl (C=O) groups excluding carboxylic acids is 1. The highest BCUT2D eigenvalue weighted by Gasteiger charge is 2.16. The third-order valence-electron chi connectivity index (χ3n) is 4.99. The zero-order valence-corrected chi connectivity index (χ0v) is 21.3. The molecule has 4 rings (SSSR count). The molecule has 0 aliphatic rings. The number of halogens is 3. The van der Waals surface area contributed by atoms with Gasteiger partial charge in [-0.15, -0.1) is 0 Å². The van der Waals surface area contributed by atoms with Crippen LogP contribution in [0.4, 0.5) is 21.9 Å². The van der Waals surface area contributed by atoms with Crippen molar-refractivity contribution in [2.75, 3.05) is 23.7 Å². The smallest absolute Gasteiger partial charge is 0.407 e. The van der Waals surface area contributed by atoms with Gasteiger partial charge in [-0.2, -0.15) is 0 Å². The van der Waals surface area contributed by atoms with Gasteiger partial charge in [0.25, 0.3) is 0 Å². The number of alkyl carbamates (subject to hydrolysis) is 1. The fraction of sp³-hybridized carbons (Fsp3) is 0.240. The van der Waals surface area contributed by atoms with E-state index in [4.69, 9.17) is 39.5 Å². The number of fused-ring (bicyclic) bond motifs is 3. The highest BCUT2D eigenvalue weighted by molar-refractivity contribution is 6.42. The number of amides is 1. The second-order valence-electron chi connectivity index (χ2n) is 8.87. The molecule has 0 radical (unpaired) electrons. The average Bonchev–Trinajstić information content (AvgIpc) is 3.10. The van der Waals surface area contributed by atoms with E-state index in [1.807, 2.05) is 51.1 Å². The van der Waals surface area contributed by atoms with Crippen molar-refractivity contribution < 1.29 is 9.53 Å². The first-order chi connectivity index (χ1) is 16.1. The molecule has 1 aromatic heterocycles. The Morgan fingerprint density at radius 2 is 1.71 bits per heavy atom. The molecule has 3 aromatic carbocycles. The van der Waals surface area contributed by atoms with Crippen LogP contribution in [-0.4, -0.2) is 29.8 Å². The SMILES string of the molecule is CC(C)(C)OC(=O)NCCNc1cc(Nc2ccc(Cl)c(Cl)c2)cc2c1[nH]c1ccc(Cl)cc12. The van der Waals surface area contributed by atoms with Gasteiger partial charge in [0.15, 0.2) is 0 Å². The van der Waals surface area contributed by atoms with E-state index >= 15 is 0 Å². The molecule has 178 valence electrons. The topological polar surface area (TPSA) is 78.2 Å². The minimum Gasteiger partial charge on any atom is -0.444 e. The maximum Gasteiger partial charge on any atom is 0.407 e. The Labute approximate surface area is 212 Å². The molecule has 0 saturated heterocycles. The molecule has 4 N–H and O–H groups in total. The third kappa shape index (κ3) is 5.81. The molecule has 0 aliphatic heterocycles. The summed E-state index contributed by atoms with van der Waals surface area (Å²) >= 11 is 18.5. The van der Waals surface area contributed by atoms with Crippen molar-refractivity contribution in [1.82, 2.24) is 10.3 Å². The monoisotopic (exact) mass is 518 g/mol. The lowest BCUT2D eigenvalue weighted by atomic mass is 10.1. The number of aromatic amines is 1. The van der Waals surface area contributed by atoms with Crippen LogP contribution in [0.15, 0.2) is 48.5 Å². The molecule has 0 unspecified atom stereocenters. The second kappa shape index (κ2) is 9.82. The first-order valence-corrected chi connectivity index (χ1v) is 11.9. The van der Waals surface area contributed by atoms with Crippen LogP contribution in [0.2, 0.25) is 15.1 Å². The molecular weight excluding hydrogens is 495 g/mol. The second-order valence-corrected chi connectivity index (χ2v) is 10.1. The van der Waals surface area contributed by atoms with Crippen LogP contribution in [0.5, 0.6) is 0 Å². The van der Waals surface area contributed by atoms with E-state index in [1.54, 1.807) is 12.1 Å². The standard InChI is InChI=1S/C25H25Cl3N4O2/c1-25(2,3)34-24(33)30-9-8-29-22-13-16(31-15-5-6-19(27)20(28)12-15)11-18-17-10-14(26)4-7-21(17)32-23(18)22/h4-7,10-13,29,31-32H,8-9H2,1-3H3,(H,30,33). The summed E-state index contributed by atoms with van der Waals surface area (Å²) in [6, 6.07) is 15.2. The minimum absolute atomic E-state index is 0.396. The molecule has 0 saturated carbocycles. The van der Waals surface area contributed by atoms with Crippen LogP contribution in [0.3, 0.4) is 0 Å². The summed E-state index contributed by atoms with van der Waals surface area (Å²) in [6.45, 7) is 6.38. The lowest BCUT2D eigenvalue weighted by Gasteiger charge is -2.19. The van der Waals surface area contributed by atoms with Crippen LogP contribution in [-0.2, 0) is 4.74 Å². The Morgan fingerprint density at radius 1 is 0.912 bits per heavy atom. The summed E-state index contributed by atoms with van der Waals surface area (Å²) in [5.74, 6) is 0. The zero-order chi connectivity index (χ0) is 24.5. The molecule has 4 aromatic rings. The minimum atomic E-state index is -0.542. The number of nitrogens with one attached hydrogen (secondary N) is 4. The summed E-state index contributed by atoms with van der Waals surface area (Å²) in [6.07, 6.45) is -0.449. The lowest BCUT2D eigenvalue weighted by molar-refractivity contribution is 0.0530. The van der Waals surface area contributed by atoms with Crippen molar-refractivity contribution in [2.24, 2.45) is 0 Å². The Kier molecular flexibility index (Phi) is 7.03. The summed E-state index contributed by atoms with van der Waals surface area (Å²) in [7, 11) is 0. The largest absolute Gasteiger partial charge is 0.444 e. The molecule has 6 nitrogen and oxygen atoms in total. The molecular formula is C25H25Cl3N4O2. The maximum absolute atomic E-state index is 11.9. The first kappa shape index (κ1) is 24.3. The van der Waals surface area contributed by atoms with E-state index in [-0.39, 0.29) is 0 Å². The summed E-state index contributed by atoms with van der Waals surface area (Å²) in [4.78, 5) is 15.4. The van der Waals surface area contributed by atoms with E-state index in [0.717, 1.165) is 38.9 Å². The fourth-order valence-electron chi connectivity index (χ4n) is 3.60. The van der Waals surface area contributed by atoms with E-state index < -0.39 is 11.7 Å². The zero-order valence-electron chi connectivity index (χ0n) is 19.0. The normalized spacial score (nSPS) is 11.6. The molecule has 0 atom stereocenters. The van der Waals surface area contributed by atoms with Crippen LogP contribution < -0.4 is 16.0 Å². The van der Waals surface area contributed by atoms with E-state index in [2.05, 4.69) is 27.0 Å². The fourth-order valence-corrected chi connectivity index (χ4v) is 4.07. The van der Waals surface area contributed by atoms with Gasteiger partial charge >= 0.3 is 6.09 Å². The predicted molar refractivity (Wildman–Crippen MR) is 143 cm³/mol. The van der Waals surface area contributed by atoms with Gasteiger partial charge in [-0.3, -0.25) is 0 Å². The summed E-state index contributed by atoms with van der Waals surface area (Å²) in [5, 5.41) is 13.2. The lowest BCUT2D eigenvalue weighted by Crippen LogP contribution is -2.35. The molecule has 1 amide bonds. The number of hydrogen-bond acceptors (Lipinski definition) is 4. The highest BCUT2D eigenvalue weighted by Crippen LogP contribution is 2.36. The Bertz CT molecular complexity index is 1360. The number of anilines is 3. The average molecular weight is 520 g/mol. The molecule has 1 heterocycles.